The predicted octanol–water partition coefficient (Wildman–Crippen LogP) is 0.213. The molecular formula is C8H14N2O. The van der Waals surface area contributed by atoms with Crippen LogP contribution in [-0.2, 0) is 0 Å². The monoisotopic (exact) mass is 154 g/mol. The van der Waals surface area contributed by atoms with Gasteiger partial charge in [0.25, 0.3) is 0 Å². The fourth-order valence-electron chi connectivity index (χ4n) is 1.49. The van der Waals surface area contributed by atoms with Gasteiger partial charge in [0.15, 0.2) is 0 Å². The summed E-state index contributed by atoms with van der Waals surface area (Å²) < 4.78 is 0. The third kappa shape index (κ3) is 2.18. The van der Waals surface area contributed by atoms with Crippen LogP contribution >= 0.6 is 0 Å². The molecule has 0 saturated carbocycles. The molecule has 1 aliphatic rings. The van der Waals surface area contributed by atoms with Crippen LogP contribution < -0.4 is 0 Å². The van der Waals surface area contributed by atoms with Gasteiger partial charge in [-0.05, 0) is 20.0 Å². The summed E-state index contributed by atoms with van der Waals surface area (Å²) >= 11 is 0. The Kier molecular flexibility index (Phi) is 2.86. The molecule has 11 heavy (non-hydrogen) atoms. The van der Waals surface area contributed by atoms with E-state index < -0.39 is 0 Å². The summed E-state index contributed by atoms with van der Waals surface area (Å²) in [5, 5.41) is 17.9. The molecule has 1 saturated heterocycles. The number of nitriles is 1. The molecule has 1 N–H and O–H groups in total. The van der Waals surface area contributed by atoms with Crippen LogP contribution in [0.4, 0.5) is 0 Å². The Morgan fingerprint density at radius 3 is 3.00 bits per heavy atom. The molecule has 0 aromatic rings. The highest BCUT2D eigenvalue weighted by Crippen LogP contribution is 2.19. The lowest BCUT2D eigenvalue weighted by molar-refractivity contribution is 0.0344. The average Bonchev–Trinajstić information content (AvgIpc) is 1.95. The number of nitrogens with zero attached hydrogens (tertiary/aromatic N) is 2. The van der Waals surface area contributed by atoms with E-state index in [4.69, 9.17) is 5.26 Å². The van der Waals surface area contributed by atoms with Crippen LogP contribution in [0.2, 0.25) is 0 Å². The van der Waals surface area contributed by atoms with Gasteiger partial charge in [-0.15, -0.1) is 0 Å². The summed E-state index contributed by atoms with van der Waals surface area (Å²) in [4.78, 5) is 2.10. The van der Waals surface area contributed by atoms with E-state index in [9.17, 15) is 5.11 Å². The Balaban J connectivity index is 2.39. The van der Waals surface area contributed by atoms with Crippen molar-refractivity contribution < 1.29 is 5.11 Å². The lowest BCUT2D eigenvalue weighted by atomic mass is 9.92. The van der Waals surface area contributed by atoms with Crippen LogP contribution in [0.15, 0.2) is 0 Å². The zero-order chi connectivity index (χ0) is 8.27. The molecule has 0 aromatic carbocycles. The molecule has 3 nitrogen and oxygen atoms in total. The molecule has 62 valence electrons. The van der Waals surface area contributed by atoms with Crippen molar-refractivity contribution in [2.45, 2.75) is 18.9 Å². The number of aliphatic hydroxyl groups is 1. The van der Waals surface area contributed by atoms with Crippen LogP contribution in [0.1, 0.15) is 12.8 Å². The number of β-amino-alcohol motifs (C(OH)–C–C–N with tert-alkyl or cyclic N) is 1. The Labute approximate surface area is 67.2 Å². The van der Waals surface area contributed by atoms with Crippen LogP contribution in [0, 0.1) is 17.2 Å². The number of likely N-dealkylation sites (tertiary alicyclic amines) is 1. The summed E-state index contributed by atoms with van der Waals surface area (Å²) in [5.41, 5.74) is 0. The summed E-state index contributed by atoms with van der Waals surface area (Å²) in [6.07, 6.45) is 1.15. The van der Waals surface area contributed by atoms with E-state index in [1.54, 1.807) is 0 Å². The second-order valence-electron chi connectivity index (χ2n) is 3.24. The van der Waals surface area contributed by atoms with E-state index in [1.165, 1.54) is 0 Å². The van der Waals surface area contributed by atoms with Crippen molar-refractivity contribution in [2.75, 3.05) is 20.1 Å². The van der Waals surface area contributed by atoms with E-state index in [2.05, 4.69) is 11.0 Å². The third-order valence-electron chi connectivity index (χ3n) is 2.28. The van der Waals surface area contributed by atoms with Crippen LogP contribution in [0.3, 0.4) is 0 Å². The Morgan fingerprint density at radius 2 is 2.45 bits per heavy atom. The average molecular weight is 154 g/mol. The van der Waals surface area contributed by atoms with Crippen LogP contribution in [0.25, 0.3) is 0 Å². The number of aliphatic hydroxyl groups excluding tert-OH is 1. The minimum Gasteiger partial charge on any atom is -0.391 e. The molecule has 0 spiro atoms. The van der Waals surface area contributed by atoms with Crippen LogP contribution in [0.5, 0.6) is 0 Å². The van der Waals surface area contributed by atoms with E-state index in [-0.39, 0.29) is 12.0 Å². The van der Waals surface area contributed by atoms with Gasteiger partial charge in [0.05, 0.1) is 12.2 Å². The number of hydrogen-bond donors (Lipinski definition) is 1. The fourth-order valence-corrected chi connectivity index (χ4v) is 1.49. The van der Waals surface area contributed by atoms with E-state index in [1.807, 2.05) is 7.05 Å². The van der Waals surface area contributed by atoms with Gasteiger partial charge < -0.3 is 10.0 Å². The molecule has 0 unspecified atom stereocenters. The first kappa shape index (κ1) is 8.51. The molecule has 0 aromatic heterocycles. The van der Waals surface area contributed by atoms with Gasteiger partial charge in [-0.25, -0.2) is 0 Å². The molecular weight excluding hydrogens is 140 g/mol. The van der Waals surface area contributed by atoms with E-state index in [0.717, 1.165) is 13.0 Å². The first-order valence-electron chi connectivity index (χ1n) is 3.97. The molecule has 1 aliphatic heterocycles. The van der Waals surface area contributed by atoms with Crippen molar-refractivity contribution >= 4 is 0 Å². The number of piperidine rings is 1. The molecule has 0 radical (unpaired) electrons. The van der Waals surface area contributed by atoms with Gasteiger partial charge in [-0.3, -0.25) is 0 Å². The smallest absolute Gasteiger partial charge is 0.0705 e. The van der Waals surface area contributed by atoms with Gasteiger partial charge in [-0.2, -0.15) is 5.26 Å². The minimum atomic E-state index is -0.298. The van der Waals surface area contributed by atoms with E-state index >= 15 is 0 Å². The molecule has 3 heteroatoms. The van der Waals surface area contributed by atoms with E-state index in [0.29, 0.717) is 13.0 Å². The zero-order valence-corrected chi connectivity index (χ0v) is 6.82. The normalized spacial score (nSPS) is 33.2. The zero-order valence-electron chi connectivity index (χ0n) is 6.82. The second-order valence-corrected chi connectivity index (χ2v) is 3.24. The highest BCUT2D eigenvalue weighted by atomic mass is 16.3. The lowest BCUT2D eigenvalue weighted by Crippen LogP contribution is -2.41. The van der Waals surface area contributed by atoms with Crippen LogP contribution in [-0.4, -0.2) is 36.2 Å². The molecule has 1 fully saturated rings. The van der Waals surface area contributed by atoms with Gasteiger partial charge >= 0.3 is 0 Å². The maximum atomic E-state index is 9.48. The largest absolute Gasteiger partial charge is 0.391 e. The van der Waals surface area contributed by atoms with Gasteiger partial charge in [0.2, 0.25) is 0 Å². The molecule has 0 bridgehead atoms. The highest BCUT2D eigenvalue weighted by molar-refractivity contribution is 4.85. The maximum absolute atomic E-state index is 9.48. The summed E-state index contributed by atoms with van der Waals surface area (Å²) in [7, 11) is 1.99. The summed E-state index contributed by atoms with van der Waals surface area (Å²) in [6.45, 7) is 1.72. The Hall–Kier alpha value is -0.590. The quantitative estimate of drug-likeness (QED) is 0.587. The number of rotatable bonds is 1. The van der Waals surface area contributed by atoms with Gasteiger partial charge in [0.1, 0.15) is 0 Å². The van der Waals surface area contributed by atoms with Gasteiger partial charge in [0, 0.05) is 18.9 Å². The van der Waals surface area contributed by atoms with Crippen molar-refractivity contribution in [1.82, 2.24) is 4.90 Å². The van der Waals surface area contributed by atoms with Crippen molar-refractivity contribution in [1.29, 1.82) is 5.26 Å². The molecule has 0 aliphatic carbocycles. The molecule has 0 amide bonds. The molecule has 2 atom stereocenters. The summed E-state index contributed by atoms with van der Waals surface area (Å²) in [5.74, 6) is 0.205. The highest BCUT2D eigenvalue weighted by Gasteiger charge is 2.25. The first-order chi connectivity index (χ1) is 5.24. The SMILES string of the molecule is CN1CC[C@H](CC#N)[C@@H](O)C1. The topological polar surface area (TPSA) is 47.3 Å². The van der Waals surface area contributed by atoms with Crippen molar-refractivity contribution in [2.24, 2.45) is 5.92 Å². The van der Waals surface area contributed by atoms with Gasteiger partial charge in [-0.1, -0.05) is 0 Å². The van der Waals surface area contributed by atoms with Crippen molar-refractivity contribution in [3.05, 3.63) is 0 Å². The Bertz CT molecular complexity index is 164. The third-order valence-corrected chi connectivity index (χ3v) is 2.28. The number of likely N-dealkylation sites (N-methyl/N-ethyl adjacent to an activating group) is 1. The Morgan fingerprint density at radius 1 is 1.73 bits per heavy atom. The first-order valence-corrected chi connectivity index (χ1v) is 3.97. The van der Waals surface area contributed by atoms with Crippen molar-refractivity contribution in [3.8, 4) is 6.07 Å². The lowest BCUT2D eigenvalue weighted by Gasteiger charge is -2.32. The predicted molar refractivity (Wildman–Crippen MR) is 41.8 cm³/mol. The summed E-state index contributed by atoms with van der Waals surface area (Å²) in [6, 6.07) is 2.10. The molecule has 1 rings (SSSR count). The standard InChI is InChI=1S/C8H14N2O/c1-10-5-3-7(2-4-9)8(11)6-10/h7-8,11H,2-3,5-6H2,1H3/t7-,8-/m0/s1. The molecule has 1 heterocycles. The minimum absolute atomic E-state index is 0.205. The van der Waals surface area contributed by atoms with Crippen molar-refractivity contribution in [3.63, 3.8) is 0 Å². The second kappa shape index (κ2) is 3.70. The number of hydrogen-bond acceptors (Lipinski definition) is 3. The maximum Gasteiger partial charge on any atom is 0.0705 e. The fraction of sp³-hybridized carbons (Fsp3) is 0.875.